The van der Waals surface area contributed by atoms with E-state index in [-0.39, 0.29) is 0 Å². The zero-order valence-electron chi connectivity index (χ0n) is 10.3. The maximum Gasteiger partial charge on any atom is 0.145 e. The molecule has 0 saturated carbocycles. The van der Waals surface area contributed by atoms with Crippen LogP contribution in [0.5, 0.6) is 0 Å². The minimum Gasteiger partial charge on any atom is -0.382 e. The molecule has 0 aliphatic carbocycles. The molecular weight excluding hydrogens is 198 g/mol. The van der Waals surface area contributed by atoms with Gasteiger partial charge in [0, 0.05) is 12.4 Å². The molecule has 0 spiro atoms. The van der Waals surface area contributed by atoms with Crippen LogP contribution in [-0.4, -0.2) is 9.97 Å². The fourth-order valence-electron chi connectivity index (χ4n) is 1.82. The molecule has 0 amide bonds. The van der Waals surface area contributed by atoms with Gasteiger partial charge in [-0.3, -0.25) is 4.98 Å². The van der Waals surface area contributed by atoms with Gasteiger partial charge in [0.15, 0.2) is 0 Å². The largest absolute Gasteiger partial charge is 0.382 e. The van der Waals surface area contributed by atoms with Crippen LogP contribution in [0.15, 0.2) is 12.4 Å². The van der Waals surface area contributed by atoms with Crippen LogP contribution >= 0.6 is 0 Å². The topological polar surface area (TPSA) is 51.8 Å². The number of aryl methyl sites for hydroxylation is 1. The van der Waals surface area contributed by atoms with Crippen LogP contribution < -0.4 is 5.73 Å². The molecule has 0 aliphatic rings. The summed E-state index contributed by atoms with van der Waals surface area (Å²) >= 11 is 0. The molecule has 1 heterocycles. The number of hydrogen-bond donors (Lipinski definition) is 1. The van der Waals surface area contributed by atoms with E-state index in [0.29, 0.717) is 5.82 Å². The predicted octanol–water partition coefficient (Wildman–Crippen LogP) is 3.35. The molecule has 16 heavy (non-hydrogen) atoms. The van der Waals surface area contributed by atoms with Crippen molar-refractivity contribution in [2.75, 3.05) is 5.73 Å². The number of nitrogens with zero attached hydrogens (tertiary/aromatic N) is 2. The summed E-state index contributed by atoms with van der Waals surface area (Å²) in [6, 6.07) is 0. The lowest BCUT2D eigenvalue weighted by atomic mass is 10.1. The van der Waals surface area contributed by atoms with E-state index in [1.807, 2.05) is 0 Å². The van der Waals surface area contributed by atoms with E-state index in [0.717, 1.165) is 12.1 Å². The highest BCUT2D eigenvalue weighted by Gasteiger charge is 2.00. The first kappa shape index (κ1) is 12.9. The van der Waals surface area contributed by atoms with Gasteiger partial charge in [-0.1, -0.05) is 45.4 Å². The summed E-state index contributed by atoms with van der Waals surface area (Å²) in [6.45, 7) is 2.25. The molecule has 3 nitrogen and oxygen atoms in total. The molecular formula is C13H23N3. The Balaban J connectivity index is 2.05. The van der Waals surface area contributed by atoms with Gasteiger partial charge in [0.05, 0.1) is 5.69 Å². The molecule has 0 fully saturated rings. The van der Waals surface area contributed by atoms with Crippen molar-refractivity contribution in [1.29, 1.82) is 0 Å². The number of unbranched alkanes of at least 4 members (excludes halogenated alkanes) is 6. The van der Waals surface area contributed by atoms with Crippen molar-refractivity contribution in [3.05, 3.63) is 18.1 Å². The van der Waals surface area contributed by atoms with Gasteiger partial charge in [0.2, 0.25) is 0 Å². The summed E-state index contributed by atoms with van der Waals surface area (Å²) in [7, 11) is 0. The molecule has 1 aromatic heterocycles. The van der Waals surface area contributed by atoms with E-state index in [4.69, 9.17) is 5.73 Å². The Kier molecular flexibility index (Phi) is 6.54. The van der Waals surface area contributed by atoms with Crippen LogP contribution in [0.3, 0.4) is 0 Å². The van der Waals surface area contributed by atoms with Crippen molar-refractivity contribution in [2.24, 2.45) is 0 Å². The van der Waals surface area contributed by atoms with E-state index < -0.39 is 0 Å². The van der Waals surface area contributed by atoms with Crippen molar-refractivity contribution in [2.45, 2.75) is 58.3 Å². The second-order valence-electron chi connectivity index (χ2n) is 4.26. The van der Waals surface area contributed by atoms with Gasteiger partial charge in [-0.15, -0.1) is 0 Å². The van der Waals surface area contributed by atoms with Crippen LogP contribution in [0.4, 0.5) is 5.82 Å². The Hall–Kier alpha value is -1.12. The number of rotatable bonds is 8. The highest BCUT2D eigenvalue weighted by Crippen LogP contribution is 2.11. The summed E-state index contributed by atoms with van der Waals surface area (Å²) in [6.07, 6.45) is 13.5. The maximum atomic E-state index is 5.73. The maximum absolute atomic E-state index is 5.73. The molecule has 2 N–H and O–H groups in total. The molecule has 0 atom stereocenters. The monoisotopic (exact) mass is 221 g/mol. The molecule has 0 aromatic carbocycles. The molecule has 0 bridgehead atoms. The van der Waals surface area contributed by atoms with Gasteiger partial charge in [0.25, 0.3) is 0 Å². The zero-order chi connectivity index (χ0) is 11.6. The first-order valence-corrected chi connectivity index (χ1v) is 6.40. The quantitative estimate of drug-likeness (QED) is 0.685. The lowest BCUT2D eigenvalue weighted by molar-refractivity contribution is 0.587. The van der Waals surface area contributed by atoms with Crippen LogP contribution in [-0.2, 0) is 6.42 Å². The van der Waals surface area contributed by atoms with Crippen LogP contribution in [0.2, 0.25) is 0 Å². The van der Waals surface area contributed by atoms with Crippen molar-refractivity contribution in [1.82, 2.24) is 9.97 Å². The summed E-state index contributed by atoms with van der Waals surface area (Å²) in [4.78, 5) is 8.27. The molecule has 0 radical (unpaired) electrons. The first-order valence-electron chi connectivity index (χ1n) is 6.40. The second kappa shape index (κ2) is 8.08. The zero-order valence-corrected chi connectivity index (χ0v) is 10.3. The lowest BCUT2D eigenvalue weighted by Crippen LogP contribution is -2.00. The third-order valence-electron chi connectivity index (χ3n) is 2.82. The highest BCUT2D eigenvalue weighted by molar-refractivity contribution is 5.32. The van der Waals surface area contributed by atoms with E-state index in [2.05, 4.69) is 16.9 Å². The van der Waals surface area contributed by atoms with Gasteiger partial charge >= 0.3 is 0 Å². The lowest BCUT2D eigenvalue weighted by Gasteiger charge is -2.03. The van der Waals surface area contributed by atoms with Gasteiger partial charge in [-0.05, 0) is 12.8 Å². The molecule has 90 valence electrons. The van der Waals surface area contributed by atoms with E-state index in [9.17, 15) is 0 Å². The van der Waals surface area contributed by atoms with Crippen LogP contribution in [0.1, 0.15) is 57.6 Å². The number of aromatic nitrogens is 2. The van der Waals surface area contributed by atoms with Crippen molar-refractivity contribution < 1.29 is 0 Å². The minimum atomic E-state index is 0.591. The van der Waals surface area contributed by atoms with Crippen molar-refractivity contribution in [3.8, 4) is 0 Å². The van der Waals surface area contributed by atoms with Gasteiger partial charge < -0.3 is 5.73 Å². The predicted molar refractivity (Wildman–Crippen MR) is 68.1 cm³/mol. The van der Waals surface area contributed by atoms with E-state index in [1.165, 1.54) is 44.9 Å². The van der Waals surface area contributed by atoms with Gasteiger partial charge in [-0.25, -0.2) is 4.98 Å². The van der Waals surface area contributed by atoms with Crippen molar-refractivity contribution >= 4 is 5.82 Å². The first-order chi connectivity index (χ1) is 7.84. The van der Waals surface area contributed by atoms with Crippen molar-refractivity contribution in [3.63, 3.8) is 0 Å². The SMILES string of the molecule is CCCCCCCCCc1nccnc1N. The van der Waals surface area contributed by atoms with Gasteiger partial charge in [-0.2, -0.15) is 0 Å². The van der Waals surface area contributed by atoms with E-state index >= 15 is 0 Å². The smallest absolute Gasteiger partial charge is 0.145 e. The molecule has 1 aromatic rings. The summed E-state index contributed by atoms with van der Waals surface area (Å²) in [5, 5.41) is 0. The Morgan fingerprint density at radius 3 is 2.25 bits per heavy atom. The Morgan fingerprint density at radius 2 is 1.56 bits per heavy atom. The number of nitrogens with two attached hydrogens (primary N) is 1. The summed E-state index contributed by atoms with van der Waals surface area (Å²) < 4.78 is 0. The Morgan fingerprint density at radius 1 is 0.938 bits per heavy atom. The number of anilines is 1. The molecule has 0 unspecified atom stereocenters. The second-order valence-corrected chi connectivity index (χ2v) is 4.26. The fraction of sp³-hybridized carbons (Fsp3) is 0.692. The molecule has 1 rings (SSSR count). The summed E-state index contributed by atoms with van der Waals surface area (Å²) in [5.41, 5.74) is 6.68. The molecule has 0 saturated heterocycles. The fourth-order valence-corrected chi connectivity index (χ4v) is 1.82. The van der Waals surface area contributed by atoms with Gasteiger partial charge in [0.1, 0.15) is 5.82 Å². The van der Waals surface area contributed by atoms with E-state index in [1.54, 1.807) is 12.4 Å². The van der Waals surface area contributed by atoms with Crippen LogP contribution in [0, 0.1) is 0 Å². The minimum absolute atomic E-state index is 0.591. The average molecular weight is 221 g/mol. The number of hydrogen-bond acceptors (Lipinski definition) is 3. The normalized spacial score (nSPS) is 10.6. The Bertz CT molecular complexity index is 286. The van der Waals surface area contributed by atoms with Crippen LogP contribution in [0.25, 0.3) is 0 Å². The molecule has 3 heteroatoms. The standard InChI is InChI=1S/C13H23N3/c1-2-3-4-5-6-7-8-9-12-13(14)16-11-10-15-12/h10-11H,2-9H2,1H3,(H2,14,16). The highest BCUT2D eigenvalue weighted by atomic mass is 14.9. The average Bonchev–Trinajstić information content (AvgIpc) is 2.30. The third kappa shape index (κ3) is 5.10. The third-order valence-corrected chi connectivity index (χ3v) is 2.82. The summed E-state index contributed by atoms with van der Waals surface area (Å²) in [5.74, 6) is 0.591. The number of nitrogen functional groups attached to an aromatic ring is 1. The Labute approximate surface area is 98.5 Å². The molecule has 0 aliphatic heterocycles.